The number of para-hydroxylation sites is 1. The van der Waals surface area contributed by atoms with E-state index in [0.29, 0.717) is 71.8 Å². The number of ether oxygens (including phenoxy) is 3. The van der Waals surface area contributed by atoms with Crippen LogP contribution < -0.4 is 19.5 Å². The lowest BCUT2D eigenvalue weighted by atomic mass is 10.1. The Bertz CT molecular complexity index is 1570. The fourth-order valence-corrected chi connectivity index (χ4v) is 5.11. The van der Waals surface area contributed by atoms with Gasteiger partial charge < -0.3 is 33.9 Å². The van der Waals surface area contributed by atoms with Gasteiger partial charge in [-0.3, -0.25) is 4.79 Å². The molecule has 3 amide bonds. The van der Waals surface area contributed by atoms with Crippen LogP contribution in [0.2, 0.25) is 0 Å². The minimum absolute atomic E-state index is 0.171. The van der Waals surface area contributed by atoms with Crippen LogP contribution in [-0.2, 0) is 0 Å². The molecule has 1 saturated heterocycles. The van der Waals surface area contributed by atoms with Gasteiger partial charge in [-0.1, -0.05) is 12.1 Å². The lowest BCUT2D eigenvalue weighted by Crippen LogP contribution is -2.51. The molecule has 3 aromatic carbocycles. The molecule has 218 valence electrons. The Morgan fingerprint density at radius 2 is 1.36 bits per heavy atom. The molecule has 9 nitrogen and oxygen atoms in total. The quantitative estimate of drug-likeness (QED) is 0.311. The zero-order valence-electron chi connectivity index (χ0n) is 24.0. The molecule has 1 aliphatic heterocycles. The molecule has 5 rings (SSSR count). The highest BCUT2D eigenvalue weighted by molar-refractivity contribution is 5.98. The van der Waals surface area contributed by atoms with Crippen molar-refractivity contribution >= 4 is 17.6 Å². The van der Waals surface area contributed by atoms with Gasteiger partial charge in [0.25, 0.3) is 5.91 Å². The minimum Gasteiger partial charge on any atom is -0.497 e. The Morgan fingerprint density at radius 3 is 1.95 bits per heavy atom. The minimum atomic E-state index is -0.391. The summed E-state index contributed by atoms with van der Waals surface area (Å²) in [6, 6.07) is 20.6. The molecular formula is C32H33FN4O5. The average Bonchev–Trinajstić information content (AvgIpc) is 3.37. The van der Waals surface area contributed by atoms with Gasteiger partial charge in [-0.25, -0.2) is 9.18 Å². The van der Waals surface area contributed by atoms with Crippen LogP contribution in [0, 0.1) is 12.7 Å². The second-order valence-electron chi connectivity index (χ2n) is 9.85. The first-order chi connectivity index (χ1) is 20.3. The normalized spacial score (nSPS) is 13.1. The number of hydrogen-bond donors (Lipinski definition) is 1. The van der Waals surface area contributed by atoms with Gasteiger partial charge >= 0.3 is 6.03 Å². The molecule has 0 aliphatic carbocycles. The Labute approximate surface area is 244 Å². The van der Waals surface area contributed by atoms with Crippen molar-refractivity contribution < 1.29 is 28.2 Å². The van der Waals surface area contributed by atoms with Gasteiger partial charge in [-0.05, 0) is 55.0 Å². The standard InChI is InChI=1S/C32H33FN4O5/c1-21-27(20-30(22-9-11-24(40-2)12-10-22)37(21)29-8-6-5-7-28(29)33)31(38)35-13-15-36(16-14-35)32(39)34-23-17-25(41-3)19-26(18-23)42-4/h5-12,17-20H,13-16H2,1-4H3,(H,34,39). The van der Waals surface area contributed by atoms with Crippen molar-refractivity contribution in [1.29, 1.82) is 0 Å². The first-order valence-corrected chi connectivity index (χ1v) is 13.5. The van der Waals surface area contributed by atoms with Gasteiger partial charge in [-0.15, -0.1) is 0 Å². The van der Waals surface area contributed by atoms with Crippen molar-refractivity contribution in [1.82, 2.24) is 14.4 Å². The second-order valence-corrected chi connectivity index (χ2v) is 9.85. The van der Waals surface area contributed by atoms with Crippen LogP contribution in [0.1, 0.15) is 16.1 Å². The van der Waals surface area contributed by atoms with E-state index in [1.807, 2.05) is 31.2 Å². The molecular weight excluding hydrogens is 539 g/mol. The van der Waals surface area contributed by atoms with Crippen LogP contribution in [0.25, 0.3) is 16.9 Å². The van der Waals surface area contributed by atoms with Gasteiger partial charge in [0.05, 0.1) is 38.3 Å². The summed E-state index contributed by atoms with van der Waals surface area (Å²) in [7, 11) is 4.68. The maximum atomic E-state index is 15.0. The third kappa shape index (κ3) is 5.74. The number of hydrogen-bond acceptors (Lipinski definition) is 5. The predicted octanol–water partition coefficient (Wildman–Crippen LogP) is 5.61. The molecule has 10 heteroatoms. The van der Waals surface area contributed by atoms with Crippen LogP contribution >= 0.6 is 0 Å². The molecule has 2 heterocycles. The summed E-state index contributed by atoms with van der Waals surface area (Å²) in [5, 5.41) is 2.88. The number of amides is 3. The highest BCUT2D eigenvalue weighted by Crippen LogP contribution is 2.32. The largest absolute Gasteiger partial charge is 0.497 e. The smallest absolute Gasteiger partial charge is 0.321 e. The Kier molecular flexibility index (Phi) is 8.33. The third-order valence-corrected chi connectivity index (χ3v) is 7.41. The molecule has 1 aromatic heterocycles. The zero-order valence-corrected chi connectivity index (χ0v) is 24.0. The third-order valence-electron chi connectivity index (χ3n) is 7.41. The predicted molar refractivity (Wildman–Crippen MR) is 158 cm³/mol. The van der Waals surface area contributed by atoms with Crippen LogP contribution in [0.5, 0.6) is 17.2 Å². The van der Waals surface area contributed by atoms with E-state index in [1.165, 1.54) is 6.07 Å². The van der Waals surface area contributed by atoms with Crippen molar-refractivity contribution in [2.75, 3.05) is 52.8 Å². The molecule has 0 spiro atoms. The van der Waals surface area contributed by atoms with Crippen LogP contribution in [-0.4, -0.2) is 73.8 Å². The van der Waals surface area contributed by atoms with E-state index in [2.05, 4.69) is 5.32 Å². The summed E-state index contributed by atoms with van der Waals surface area (Å²) in [5.74, 6) is 1.26. The monoisotopic (exact) mass is 572 g/mol. The number of nitrogens with one attached hydrogen (secondary N) is 1. The molecule has 0 unspecified atom stereocenters. The van der Waals surface area contributed by atoms with E-state index >= 15 is 4.39 Å². The van der Waals surface area contributed by atoms with Crippen LogP contribution in [0.4, 0.5) is 14.9 Å². The number of methoxy groups -OCH3 is 3. The number of urea groups is 1. The number of carbonyl (C=O) groups is 2. The van der Waals surface area contributed by atoms with Gasteiger partial charge in [-0.2, -0.15) is 0 Å². The lowest BCUT2D eigenvalue weighted by Gasteiger charge is -2.34. The number of aromatic nitrogens is 1. The molecule has 42 heavy (non-hydrogen) atoms. The molecule has 0 saturated carbocycles. The Morgan fingerprint density at radius 1 is 0.762 bits per heavy atom. The van der Waals surface area contributed by atoms with Crippen LogP contribution in [0.15, 0.2) is 72.8 Å². The second kappa shape index (κ2) is 12.3. The van der Waals surface area contributed by atoms with Gasteiger partial charge in [0.1, 0.15) is 23.1 Å². The first kappa shape index (κ1) is 28.5. The molecule has 0 atom stereocenters. The molecule has 1 N–H and O–H groups in total. The average molecular weight is 573 g/mol. The van der Waals surface area contributed by atoms with E-state index in [9.17, 15) is 9.59 Å². The summed E-state index contributed by atoms with van der Waals surface area (Å²) in [6.07, 6.45) is 0. The van der Waals surface area contributed by atoms with Crippen molar-refractivity contribution in [2.24, 2.45) is 0 Å². The molecule has 0 radical (unpaired) electrons. The molecule has 1 fully saturated rings. The van der Waals surface area contributed by atoms with Crippen molar-refractivity contribution in [3.8, 4) is 34.2 Å². The fourth-order valence-electron chi connectivity index (χ4n) is 5.11. The van der Waals surface area contributed by atoms with Gasteiger partial charge in [0, 0.05) is 55.8 Å². The fraction of sp³-hybridized carbons (Fsp3) is 0.250. The number of rotatable bonds is 7. The van der Waals surface area contributed by atoms with Crippen molar-refractivity contribution in [3.05, 3.63) is 89.9 Å². The topological polar surface area (TPSA) is 85.3 Å². The maximum absolute atomic E-state index is 15.0. The number of piperazine rings is 1. The van der Waals surface area contributed by atoms with Crippen molar-refractivity contribution in [2.45, 2.75) is 6.92 Å². The van der Waals surface area contributed by atoms with Crippen LogP contribution in [0.3, 0.4) is 0 Å². The van der Waals surface area contributed by atoms with Gasteiger partial charge in [0.2, 0.25) is 0 Å². The SMILES string of the molecule is COc1ccc(-c2cc(C(=O)N3CCN(C(=O)Nc4cc(OC)cc(OC)c4)CC3)c(C)n2-c2ccccc2F)cc1. The number of halogens is 1. The number of nitrogens with zero attached hydrogens (tertiary/aromatic N) is 3. The van der Waals surface area contributed by atoms with E-state index in [4.69, 9.17) is 14.2 Å². The first-order valence-electron chi connectivity index (χ1n) is 13.5. The molecule has 4 aromatic rings. The van der Waals surface area contributed by atoms with E-state index < -0.39 is 5.82 Å². The number of carbonyl (C=O) groups excluding carboxylic acids is 2. The van der Waals surface area contributed by atoms with E-state index in [-0.39, 0.29) is 11.9 Å². The highest BCUT2D eigenvalue weighted by Gasteiger charge is 2.29. The highest BCUT2D eigenvalue weighted by atomic mass is 19.1. The summed E-state index contributed by atoms with van der Waals surface area (Å²) in [5.41, 5.74) is 3.52. The summed E-state index contributed by atoms with van der Waals surface area (Å²) in [6.45, 7) is 3.25. The van der Waals surface area contributed by atoms with E-state index in [1.54, 1.807) is 78.2 Å². The Hall–Kier alpha value is -4.99. The Balaban J connectivity index is 1.35. The zero-order chi connectivity index (χ0) is 29.8. The van der Waals surface area contributed by atoms with Gasteiger partial charge in [0.15, 0.2) is 0 Å². The summed E-state index contributed by atoms with van der Waals surface area (Å²) in [4.78, 5) is 30.2. The molecule has 1 aliphatic rings. The number of benzene rings is 3. The molecule has 0 bridgehead atoms. The van der Waals surface area contributed by atoms with Crippen molar-refractivity contribution in [3.63, 3.8) is 0 Å². The number of anilines is 1. The summed E-state index contributed by atoms with van der Waals surface area (Å²) >= 11 is 0. The lowest BCUT2D eigenvalue weighted by molar-refractivity contribution is 0.0671. The van der Waals surface area contributed by atoms with E-state index in [0.717, 1.165) is 5.56 Å². The maximum Gasteiger partial charge on any atom is 0.321 e. The summed E-state index contributed by atoms with van der Waals surface area (Å²) < 4.78 is 32.6.